The Labute approximate surface area is 177 Å². The predicted molar refractivity (Wildman–Crippen MR) is 117 cm³/mol. The van der Waals surface area contributed by atoms with E-state index in [9.17, 15) is 4.79 Å². The summed E-state index contributed by atoms with van der Waals surface area (Å²) in [4.78, 5) is 21.8. The number of aryl methyl sites for hydroxylation is 3. The topological polar surface area (TPSA) is 72.2 Å². The lowest BCUT2D eigenvalue weighted by Gasteiger charge is -2.11. The van der Waals surface area contributed by atoms with Gasteiger partial charge < -0.3 is 5.32 Å². The van der Waals surface area contributed by atoms with E-state index in [0.717, 1.165) is 38.2 Å². The normalized spacial score (nSPS) is 11.0. The number of benzene rings is 2. The smallest absolute Gasteiger partial charge is 0.253 e. The molecule has 4 aromatic rings. The zero-order chi connectivity index (χ0) is 20.5. The van der Waals surface area contributed by atoms with Crippen LogP contribution in [-0.2, 0) is 11.2 Å². The van der Waals surface area contributed by atoms with Crippen LogP contribution in [0, 0.1) is 20.8 Å². The van der Waals surface area contributed by atoms with Crippen molar-refractivity contribution >= 4 is 33.3 Å². The van der Waals surface area contributed by atoms with Gasteiger partial charge in [0.25, 0.3) is 5.78 Å². The standard InChI is InChI=1S/C22H20BrN5O/c1-13-6-4-5-7-18(13)21-26-22-24-14(2)19(15(3)28(22)27-21)12-20(29)25-17-10-8-16(23)9-11-17/h4-11H,12H2,1-3H3,(H,25,29). The molecule has 0 aliphatic carbocycles. The van der Waals surface area contributed by atoms with Gasteiger partial charge >= 0.3 is 0 Å². The van der Waals surface area contributed by atoms with Crippen LogP contribution in [0.2, 0.25) is 0 Å². The molecule has 0 aliphatic heterocycles. The van der Waals surface area contributed by atoms with Crippen molar-refractivity contribution in [2.45, 2.75) is 27.2 Å². The molecule has 6 nitrogen and oxygen atoms in total. The van der Waals surface area contributed by atoms with E-state index in [1.165, 1.54) is 0 Å². The van der Waals surface area contributed by atoms with E-state index in [0.29, 0.717) is 11.6 Å². The third-order valence-corrected chi connectivity index (χ3v) is 5.43. The predicted octanol–water partition coefficient (Wildman–Crippen LogP) is 4.66. The van der Waals surface area contributed by atoms with Crippen LogP contribution in [-0.4, -0.2) is 25.5 Å². The van der Waals surface area contributed by atoms with Crippen molar-refractivity contribution in [2.24, 2.45) is 0 Å². The first-order valence-corrected chi connectivity index (χ1v) is 10.1. The SMILES string of the molecule is Cc1ccccc1-c1nc2nc(C)c(CC(=O)Nc3ccc(Br)cc3)c(C)n2n1. The third kappa shape index (κ3) is 3.91. The summed E-state index contributed by atoms with van der Waals surface area (Å²) in [5.74, 6) is 1.07. The van der Waals surface area contributed by atoms with E-state index in [4.69, 9.17) is 0 Å². The summed E-state index contributed by atoms with van der Waals surface area (Å²) in [6.45, 7) is 5.88. The second-order valence-electron chi connectivity index (χ2n) is 6.96. The van der Waals surface area contributed by atoms with Crippen LogP contribution in [0.15, 0.2) is 53.0 Å². The van der Waals surface area contributed by atoms with E-state index >= 15 is 0 Å². The highest BCUT2D eigenvalue weighted by atomic mass is 79.9. The second-order valence-corrected chi connectivity index (χ2v) is 7.87. The van der Waals surface area contributed by atoms with E-state index in [2.05, 4.69) is 36.3 Å². The molecule has 29 heavy (non-hydrogen) atoms. The first-order chi connectivity index (χ1) is 13.9. The largest absolute Gasteiger partial charge is 0.326 e. The number of hydrogen-bond donors (Lipinski definition) is 1. The number of amides is 1. The maximum atomic E-state index is 12.6. The molecule has 146 valence electrons. The van der Waals surface area contributed by atoms with Crippen LogP contribution < -0.4 is 5.32 Å². The molecule has 0 radical (unpaired) electrons. The van der Waals surface area contributed by atoms with Gasteiger partial charge in [-0.2, -0.15) is 4.98 Å². The number of halogens is 1. The molecule has 0 aliphatic rings. The number of aromatic nitrogens is 4. The van der Waals surface area contributed by atoms with Gasteiger partial charge in [-0.05, 0) is 50.6 Å². The molecule has 0 saturated heterocycles. The Hall–Kier alpha value is -3.06. The molecule has 2 aromatic heterocycles. The number of rotatable bonds is 4. The summed E-state index contributed by atoms with van der Waals surface area (Å²) in [6.07, 6.45) is 0.218. The summed E-state index contributed by atoms with van der Waals surface area (Å²) >= 11 is 3.39. The average molecular weight is 450 g/mol. The number of fused-ring (bicyclic) bond motifs is 1. The van der Waals surface area contributed by atoms with Crippen molar-refractivity contribution in [3.8, 4) is 11.4 Å². The fourth-order valence-electron chi connectivity index (χ4n) is 3.30. The van der Waals surface area contributed by atoms with Crippen LogP contribution in [0.1, 0.15) is 22.5 Å². The molecule has 0 unspecified atom stereocenters. The summed E-state index contributed by atoms with van der Waals surface area (Å²) in [6, 6.07) is 15.5. The van der Waals surface area contributed by atoms with E-state index in [1.54, 1.807) is 4.52 Å². The van der Waals surface area contributed by atoms with E-state index in [1.807, 2.05) is 69.3 Å². The Morgan fingerprint density at radius 1 is 1.03 bits per heavy atom. The first kappa shape index (κ1) is 19.3. The lowest BCUT2D eigenvalue weighted by molar-refractivity contribution is -0.115. The lowest BCUT2D eigenvalue weighted by Crippen LogP contribution is -2.17. The maximum Gasteiger partial charge on any atom is 0.253 e. The molecule has 4 rings (SSSR count). The molecular weight excluding hydrogens is 430 g/mol. The minimum absolute atomic E-state index is 0.0982. The number of nitrogens with one attached hydrogen (secondary N) is 1. The van der Waals surface area contributed by atoms with Crippen LogP contribution in [0.5, 0.6) is 0 Å². The van der Waals surface area contributed by atoms with Gasteiger partial charge in [0.1, 0.15) is 0 Å². The third-order valence-electron chi connectivity index (χ3n) is 4.90. The fraction of sp³-hybridized carbons (Fsp3) is 0.182. The van der Waals surface area contributed by atoms with E-state index in [-0.39, 0.29) is 12.3 Å². The molecule has 7 heteroatoms. The van der Waals surface area contributed by atoms with Gasteiger partial charge in [-0.15, -0.1) is 5.10 Å². The highest BCUT2D eigenvalue weighted by Crippen LogP contribution is 2.22. The van der Waals surface area contributed by atoms with E-state index < -0.39 is 0 Å². The molecule has 1 N–H and O–H groups in total. The van der Waals surface area contributed by atoms with Crippen molar-refractivity contribution < 1.29 is 4.79 Å². The van der Waals surface area contributed by atoms with Crippen molar-refractivity contribution in [2.75, 3.05) is 5.32 Å². The number of anilines is 1. The molecule has 2 aromatic carbocycles. The molecule has 0 saturated carbocycles. The molecule has 0 fully saturated rings. The van der Waals surface area contributed by atoms with Crippen molar-refractivity contribution in [1.82, 2.24) is 19.6 Å². The van der Waals surface area contributed by atoms with Crippen molar-refractivity contribution in [3.63, 3.8) is 0 Å². The molecule has 0 atom stereocenters. The van der Waals surface area contributed by atoms with Gasteiger partial charge in [0.2, 0.25) is 5.91 Å². The summed E-state index contributed by atoms with van der Waals surface area (Å²) < 4.78 is 2.68. The van der Waals surface area contributed by atoms with Gasteiger partial charge in [0.05, 0.1) is 6.42 Å². The highest BCUT2D eigenvalue weighted by molar-refractivity contribution is 9.10. The number of carbonyl (C=O) groups is 1. The zero-order valence-electron chi connectivity index (χ0n) is 16.4. The summed E-state index contributed by atoms with van der Waals surface area (Å²) in [5.41, 5.74) is 5.34. The van der Waals surface area contributed by atoms with Crippen molar-refractivity contribution in [3.05, 3.63) is 75.5 Å². The lowest BCUT2D eigenvalue weighted by atomic mass is 10.1. The zero-order valence-corrected chi connectivity index (χ0v) is 18.0. The van der Waals surface area contributed by atoms with Crippen LogP contribution in [0.4, 0.5) is 5.69 Å². The molecule has 2 heterocycles. The summed E-state index contributed by atoms with van der Waals surface area (Å²) in [7, 11) is 0. The monoisotopic (exact) mass is 449 g/mol. The average Bonchev–Trinajstić information content (AvgIpc) is 3.11. The minimum atomic E-state index is -0.0982. The number of carbonyl (C=O) groups excluding carboxylic acids is 1. The minimum Gasteiger partial charge on any atom is -0.326 e. The number of nitrogens with zero attached hydrogens (tertiary/aromatic N) is 4. The Kier molecular flexibility index (Phi) is 5.15. The van der Waals surface area contributed by atoms with Gasteiger partial charge in [0, 0.05) is 32.7 Å². The van der Waals surface area contributed by atoms with Crippen LogP contribution >= 0.6 is 15.9 Å². The Bertz CT molecular complexity index is 1210. The van der Waals surface area contributed by atoms with Crippen LogP contribution in [0.3, 0.4) is 0 Å². The molecule has 0 bridgehead atoms. The highest BCUT2D eigenvalue weighted by Gasteiger charge is 2.17. The Morgan fingerprint density at radius 2 is 1.76 bits per heavy atom. The fourth-order valence-corrected chi connectivity index (χ4v) is 3.57. The molecular formula is C22H20BrN5O. The van der Waals surface area contributed by atoms with Gasteiger partial charge in [-0.1, -0.05) is 40.2 Å². The molecule has 1 amide bonds. The molecule has 0 spiro atoms. The maximum absolute atomic E-state index is 12.6. The van der Waals surface area contributed by atoms with Crippen molar-refractivity contribution in [1.29, 1.82) is 0 Å². The summed E-state index contributed by atoms with van der Waals surface area (Å²) in [5, 5.41) is 7.58. The van der Waals surface area contributed by atoms with Gasteiger partial charge in [-0.3, -0.25) is 4.79 Å². The first-order valence-electron chi connectivity index (χ1n) is 9.26. The Morgan fingerprint density at radius 3 is 2.48 bits per heavy atom. The van der Waals surface area contributed by atoms with Gasteiger partial charge in [-0.25, -0.2) is 9.50 Å². The second kappa shape index (κ2) is 7.75. The Balaban J connectivity index is 1.65. The van der Waals surface area contributed by atoms with Crippen LogP contribution in [0.25, 0.3) is 17.2 Å². The quantitative estimate of drug-likeness (QED) is 0.491. The van der Waals surface area contributed by atoms with Gasteiger partial charge in [0.15, 0.2) is 5.82 Å². The number of hydrogen-bond acceptors (Lipinski definition) is 4.